The Hall–Kier alpha value is -1.87. The number of carbonyl (C=O) groups is 2. The van der Waals surface area contributed by atoms with Gasteiger partial charge in [-0.3, -0.25) is 15.0 Å². The number of hydrogen-bond donors (Lipinski definition) is 4. The summed E-state index contributed by atoms with van der Waals surface area (Å²) < 4.78 is 6.09. The Labute approximate surface area is 185 Å². The van der Waals surface area contributed by atoms with Crippen molar-refractivity contribution >= 4 is 17.8 Å². The number of rotatable bonds is 9. The number of aliphatic carboxylic acids is 1. The first-order valence-electron chi connectivity index (χ1n) is 11.9. The van der Waals surface area contributed by atoms with E-state index in [1.807, 2.05) is 9.80 Å². The van der Waals surface area contributed by atoms with E-state index in [0.717, 1.165) is 77.3 Å². The van der Waals surface area contributed by atoms with Crippen LogP contribution in [0.1, 0.15) is 70.6 Å². The highest BCUT2D eigenvalue weighted by Gasteiger charge is 2.34. The number of piperidine rings is 2. The summed E-state index contributed by atoms with van der Waals surface area (Å²) in [5.41, 5.74) is 5.55. The molecule has 0 unspecified atom stereocenters. The van der Waals surface area contributed by atoms with E-state index in [-0.39, 0.29) is 36.5 Å². The van der Waals surface area contributed by atoms with Crippen LogP contribution in [0.4, 0.5) is 0 Å². The fourth-order valence-electron chi connectivity index (χ4n) is 5.19. The van der Waals surface area contributed by atoms with Gasteiger partial charge in [0, 0.05) is 38.3 Å². The summed E-state index contributed by atoms with van der Waals surface area (Å²) in [6.45, 7) is 2.79. The Morgan fingerprint density at radius 1 is 1.06 bits per heavy atom. The number of carboxylic acid groups (broad SMARTS) is 1. The summed E-state index contributed by atoms with van der Waals surface area (Å²) in [4.78, 5) is 28.5. The molecule has 0 aromatic heterocycles. The van der Waals surface area contributed by atoms with E-state index in [1.165, 1.54) is 0 Å². The maximum absolute atomic E-state index is 13.3. The molecule has 176 valence electrons. The SMILES string of the molecule is N=C(N)N1CCC(OCC[C@H]2CCCCN2C(=O)[C@H](CC(=O)O)NC2CCCC2)CC1. The molecule has 9 heteroatoms. The number of carboxylic acids is 1. The van der Waals surface area contributed by atoms with Gasteiger partial charge >= 0.3 is 5.97 Å². The second-order valence-electron chi connectivity index (χ2n) is 9.21. The summed E-state index contributed by atoms with van der Waals surface area (Å²) in [6, 6.07) is -0.279. The monoisotopic (exact) mass is 437 g/mol. The number of ether oxygens (including phenoxy) is 1. The molecule has 2 heterocycles. The second kappa shape index (κ2) is 11.7. The van der Waals surface area contributed by atoms with Gasteiger partial charge in [-0.15, -0.1) is 0 Å². The van der Waals surface area contributed by atoms with E-state index < -0.39 is 12.0 Å². The molecule has 1 amide bonds. The minimum Gasteiger partial charge on any atom is -0.481 e. The van der Waals surface area contributed by atoms with Gasteiger partial charge in [0.2, 0.25) is 5.91 Å². The van der Waals surface area contributed by atoms with Crippen molar-refractivity contribution in [3.05, 3.63) is 0 Å². The van der Waals surface area contributed by atoms with Gasteiger partial charge in [0.25, 0.3) is 0 Å². The Kier molecular flexibility index (Phi) is 8.95. The Bertz CT molecular complexity index is 617. The van der Waals surface area contributed by atoms with Gasteiger partial charge in [-0.25, -0.2) is 0 Å². The zero-order valence-electron chi connectivity index (χ0n) is 18.6. The number of nitrogens with two attached hydrogens (primary N) is 1. The molecule has 0 spiro atoms. The maximum atomic E-state index is 13.3. The smallest absolute Gasteiger partial charge is 0.305 e. The molecule has 0 radical (unpaired) electrons. The van der Waals surface area contributed by atoms with Crippen molar-refractivity contribution in [2.24, 2.45) is 5.73 Å². The van der Waals surface area contributed by atoms with E-state index in [9.17, 15) is 14.7 Å². The molecule has 1 saturated carbocycles. The normalized spacial score (nSPS) is 24.3. The average molecular weight is 438 g/mol. The molecule has 0 aromatic rings. The van der Waals surface area contributed by atoms with Crippen molar-refractivity contribution in [3.63, 3.8) is 0 Å². The molecule has 2 aliphatic heterocycles. The standard InChI is InChI=1S/C22H39N5O4/c23-22(24)26-12-8-18(9-13-26)31-14-10-17-7-3-4-11-27(17)21(30)19(15-20(28)29)25-16-5-1-2-6-16/h16-19,25H,1-15H2,(H3,23,24)(H,28,29)/t17-,19+/m1/s1. The lowest BCUT2D eigenvalue weighted by Gasteiger charge is -2.39. The van der Waals surface area contributed by atoms with Crippen LogP contribution in [0.5, 0.6) is 0 Å². The molecular weight excluding hydrogens is 398 g/mol. The predicted molar refractivity (Wildman–Crippen MR) is 118 cm³/mol. The van der Waals surface area contributed by atoms with Crippen LogP contribution >= 0.6 is 0 Å². The van der Waals surface area contributed by atoms with Crippen LogP contribution in [0.25, 0.3) is 0 Å². The van der Waals surface area contributed by atoms with Crippen LogP contribution in [-0.4, -0.2) is 83.2 Å². The molecule has 3 aliphatic rings. The predicted octanol–water partition coefficient (Wildman–Crippen LogP) is 1.51. The first kappa shape index (κ1) is 23.8. The molecule has 3 rings (SSSR count). The minimum atomic E-state index is -0.933. The van der Waals surface area contributed by atoms with Gasteiger partial charge < -0.3 is 30.7 Å². The number of likely N-dealkylation sites (tertiary alicyclic amines) is 2. The van der Waals surface area contributed by atoms with Crippen molar-refractivity contribution < 1.29 is 19.4 Å². The number of carbonyl (C=O) groups excluding carboxylic acids is 1. The molecule has 3 fully saturated rings. The molecule has 1 aliphatic carbocycles. The Morgan fingerprint density at radius 2 is 1.74 bits per heavy atom. The average Bonchev–Trinajstić information content (AvgIpc) is 3.26. The summed E-state index contributed by atoms with van der Waals surface area (Å²) in [7, 11) is 0. The lowest BCUT2D eigenvalue weighted by atomic mass is 9.97. The number of nitrogens with zero attached hydrogens (tertiary/aromatic N) is 2. The third kappa shape index (κ3) is 7.07. The van der Waals surface area contributed by atoms with Crippen molar-refractivity contribution in [3.8, 4) is 0 Å². The van der Waals surface area contributed by atoms with E-state index >= 15 is 0 Å². The highest BCUT2D eigenvalue weighted by Crippen LogP contribution is 2.24. The number of hydrogen-bond acceptors (Lipinski definition) is 5. The van der Waals surface area contributed by atoms with Crippen LogP contribution in [0.2, 0.25) is 0 Å². The molecule has 9 nitrogen and oxygen atoms in total. The number of nitrogens with one attached hydrogen (secondary N) is 2. The van der Waals surface area contributed by atoms with Gasteiger partial charge in [-0.1, -0.05) is 12.8 Å². The topological polar surface area (TPSA) is 132 Å². The second-order valence-corrected chi connectivity index (χ2v) is 9.21. The van der Waals surface area contributed by atoms with E-state index in [2.05, 4.69) is 5.32 Å². The van der Waals surface area contributed by atoms with E-state index in [1.54, 1.807) is 0 Å². The zero-order valence-corrected chi connectivity index (χ0v) is 18.6. The zero-order chi connectivity index (χ0) is 22.2. The molecule has 0 aromatic carbocycles. The molecule has 0 bridgehead atoms. The van der Waals surface area contributed by atoms with Crippen LogP contribution in [0, 0.1) is 5.41 Å². The molecule has 5 N–H and O–H groups in total. The van der Waals surface area contributed by atoms with Crippen molar-refractivity contribution in [2.45, 2.75) is 94.9 Å². The van der Waals surface area contributed by atoms with Crippen molar-refractivity contribution in [1.82, 2.24) is 15.1 Å². The fraction of sp³-hybridized carbons (Fsp3) is 0.864. The van der Waals surface area contributed by atoms with Crippen LogP contribution < -0.4 is 11.1 Å². The lowest BCUT2D eigenvalue weighted by molar-refractivity contribution is -0.145. The maximum Gasteiger partial charge on any atom is 0.305 e. The Balaban J connectivity index is 1.50. The van der Waals surface area contributed by atoms with Gasteiger partial charge in [-0.05, 0) is 51.4 Å². The molecule has 2 saturated heterocycles. The molecule has 2 atom stereocenters. The van der Waals surface area contributed by atoms with Crippen LogP contribution in [0.3, 0.4) is 0 Å². The quantitative estimate of drug-likeness (QED) is 0.317. The highest BCUT2D eigenvalue weighted by atomic mass is 16.5. The van der Waals surface area contributed by atoms with Gasteiger partial charge in [0.1, 0.15) is 0 Å². The van der Waals surface area contributed by atoms with Crippen molar-refractivity contribution in [1.29, 1.82) is 5.41 Å². The summed E-state index contributed by atoms with van der Waals surface area (Å²) >= 11 is 0. The molecule has 31 heavy (non-hydrogen) atoms. The van der Waals surface area contributed by atoms with Gasteiger partial charge in [0.15, 0.2) is 5.96 Å². The fourth-order valence-corrected chi connectivity index (χ4v) is 5.19. The summed E-state index contributed by atoms with van der Waals surface area (Å²) in [5, 5.41) is 20.2. The van der Waals surface area contributed by atoms with Crippen LogP contribution in [-0.2, 0) is 14.3 Å². The summed E-state index contributed by atoms with van der Waals surface area (Å²) in [6.07, 6.45) is 9.83. The van der Waals surface area contributed by atoms with Gasteiger partial charge in [0.05, 0.1) is 18.6 Å². The lowest BCUT2D eigenvalue weighted by Crippen LogP contribution is -2.54. The third-order valence-corrected chi connectivity index (χ3v) is 6.97. The largest absolute Gasteiger partial charge is 0.481 e. The first-order chi connectivity index (χ1) is 14.9. The van der Waals surface area contributed by atoms with Gasteiger partial charge in [-0.2, -0.15) is 0 Å². The third-order valence-electron chi connectivity index (χ3n) is 6.97. The summed E-state index contributed by atoms with van der Waals surface area (Å²) in [5.74, 6) is -0.872. The highest BCUT2D eigenvalue weighted by molar-refractivity contribution is 5.86. The Morgan fingerprint density at radius 3 is 2.39 bits per heavy atom. The number of guanidine groups is 1. The van der Waals surface area contributed by atoms with Crippen LogP contribution in [0.15, 0.2) is 0 Å². The van der Waals surface area contributed by atoms with E-state index in [0.29, 0.717) is 13.2 Å². The number of amides is 1. The van der Waals surface area contributed by atoms with E-state index in [4.69, 9.17) is 15.9 Å². The minimum absolute atomic E-state index is 0.0613. The first-order valence-corrected chi connectivity index (χ1v) is 11.9. The molecular formula is C22H39N5O4. The van der Waals surface area contributed by atoms with Crippen molar-refractivity contribution in [2.75, 3.05) is 26.2 Å².